The first-order chi connectivity index (χ1) is 11.8. The molecule has 1 amide bonds. The Morgan fingerprint density at radius 2 is 1.88 bits per heavy atom. The van der Waals surface area contributed by atoms with Crippen LogP contribution in [0.25, 0.3) is 11.0 Å². The van der Waals surface area contributed by atoms with Crippen LogP contribution in [0, 0.1) is 6.92 Å². The minimum atomic E-state index is -0.305. The highest BCUT2D eigenvalue weighted by atomic mass is 35.5. The predicted molar refractivity (Wildman–Crippen MR) is 101 cm³/mol. The van der Waals surface area contributed by atoms with Gasteiger partial charge in [0, 0.05) is 17.1 Å². The van der Waals surface area contributed by atoms with Gasteiger partial charge in [0.2, 0.25) is 0 Å². The molecule has 3 rings (SSSR count). The first-order valence-electron chi connectivity index (χ1n) is 7.68. The van der Waals surface area contributed by atoms with Gasteiger partial charge in [0.1, 0.15) is 0 Å². The van der Waals surface area contributed by atoms with E-state index in [9.17, 15) is 4.79 Å². The molecule has 3 N–H and O–H groups in total. The number of nitrogens with two attached hydrogens (primary N) is 1. The van der Waals surface area contributed by atoms with E-state index < -0.39 is 0 Å². The number of rotatable bonds is 3. The molecule has 0 spiro atoms. The molecule has 25 heavy (non-hydrogen) atoms. The molecule has 0 aliphatic heterocycles. The van der Waals surface area contributed by atoms with E-state index >= 15 is 0 Å². The van der Waals surface area contributed by atoms with Crippen molar-refractivity contribution in [2.75, 3.05) is 11.1 Å². The summed E-state index contributed by atoms with van der Waals surface area (Å²) in [6.45, 7) is 5.84. The molecule has 0 atom stereocenters. The number of hydrogen-bond acceptors (Lipinski definition) is 4. The van der Waals surface area contributed by atoms with Crippen LogP contribution in [0.2, 0.25) is 10.0 Å². The Morgan fingerprint density at radius 1 is 1.24 bits per heavy atom. The maximum atomic E-state index is 12.6. The summed E-state index contributed by atoms with van der Waals surface area (Å²) in [6, 6.07) is 5.07. The number of nitrogens with zero attached hydrogens (tertiary/aromatic N) is 3. The van der Waals surface area contributed by atoms with Gasteiger partial charge in [-0.2, -0.15) is 5.10 Å². The molecule has 0 bridgehead atoms. The molecule has 0 fully saturated rings. The molecular formula is C17H17Cl2N5O. The summed E-state index contributed by atoms with van der Waals surface area (Å²) in [5.74, 6) is -0.305. The number of halogens is 2. The molecule has 0 unspecified atom stereocenters. The average molecular weight is 378 g/mol. The first-order valence-corrected chi connectivity index (χ1v) is 8.44. The van der Waals surface area contributed by atoms with E-state index in [0.717, 1.165) is 11.0 Å². The second-order valence-corrected chi connectivity index (χ2v) is 6.84. The Morgan fingerprint density at radius 3 is 2.48 bits per heavy atom. The number of nitrogen functional groups attached to an aromatic ring is 1. The summed E-state index contributed by atoms with van der Waals surface area (Å²) in [4.78, 5) is 17.2. The van der Waals surface area contributed by atoms with Gasteiger partial charge in [0.05, 0.1) is 33.2 Å². The molecule has 0 saturated heterocycles. The predicted octanol–water partition coefficient (Wildman–Crippen LogP) is 4.46. The van der Waals surface area contributed by atoms with Crippen molar-refractivity contribution in [3.8, 4) is 0 Å². The Hall–Kier alpha value is -2.31. The van der Waals surface area contributed by atoms with Gasteiger partial charge in [0.25, 0.3) is 5.91 Å². The number of carbonyl (C=O) groups is 1. The number of pyridine rings is 1. The van der Waals surface area contributed by atoms with Gasteiger partial charge in [0.15, 0.2) is 5.65 Å². The van der Waals surface area contributed by atoms with Gasteiger partial charge in [-0.15, -0.1) is 0 Å². The van der Waals surface area contributed by atoms with Gasteiger partial charge in [-0.25, -0.2) is 9.67 Å². The smallest absolute Gasteiger partial charge is 0.257 e. The quantitative estimate of drug-likeness (QED) is 0.659. The summed E-state index contributed by atoms with van der Waals surface area (Å²) in [5.41, 5.74) is 8.28. The maximum absolute atomic E-state index is 12.6. The zero-order chi connectivity index (χ0) is 18.3. The molecule has 3 aromatic rings. The molecule has 130 valence electrons. The van der Waals surface area contributed by atoms with E-state index in [0.29, 0.717) is 16.9 Å². The van der Waals surface area contributed by atoms with Crippen molar-refractivity contribution in [3.63, 3.8) is 0 Å². The largest absolute Gasteiger partial charge is 0.396 e. The zero-order valence-corrected chi connectivity index (χ0v) is 15.5. The number of hydrogen-bond donors (Lipinski definition) is 2. The average Bonchev–Trinajstić information content (AvgIpc) is 2.94. The van der Waals surface area contributed by atoms with Crippen molar-refractivity contribution in [2.24, 2.45) is 0 Å². The Balaban J connectivity index is 1.96. The number of amides is 1. The fourth-order valence-corrected chi connectivity index (χ4v) is 3.02. The van der Waals surface area contributed by atoms with Gasteiger partial charge in [-0.3, -0.25) is 4.79 Å². The van der Waals surface area contributed by atoms with E-state index in [1.807, 2.05) is 18.5 Å². The van der Waals surface area contributed by atoms with Gasteiger partial charge in [-0.1, -0.05) is 23.2 Å². The zero-order valence-electron chi connectivity index (χ0n) is 14.0. The lowest BCUT2D eigenvalue weighted by molar-refractivity contribution is 0.102. The SMILES string of the molecule is Cc1nc2c(cnn2C(C)C)cc1C(=O)Nc1cc(Cl)c(N)c(Cl)c1. The first kappa shape index (κ1) is 17.5. The second-order valence-electron chi connectivity index (χ2n) is 6.02. The maximum Gasteiger partial charge on any atom is 0.257 e. The van der Waals surface area contributed by atoms with Gasteiger partial charge < -0.3 is 11.1 Å². The van der Waals surface area contributed by atoms with Crippen LogP contribution in [0.3, 0.4) is 0 Å². The summed E-state index contributed by atoms with van der Waals surface area (Å²) in [6.07, 6.45) is 1.70. The van der Waals surface area contributed by atoms with E-state index in [1.165, 1.54) is 0 Å². The third kappa shape index (κ3) is 3.27. The van der Waals surface area contributed by atoms with E-state index in [2.05, 4.69) is 15.4 Å². The van der Waals surface area contributed by atoms with Crippen LogP contribution in [-0.4, -0.2) is 20.7 Å². The van der Waals surface area contributed by atoms with Crippen LogP contribution in [-0.2, 0) is 0 Å². The van der Waals surface area contributed by atoms with Crippen molar-refractivity contribution >= 4 is 51.5 Å². The minimum absolute atomic E-state index is 0.183. The molecular weight excluding hydrogens is 361 g/mol. The number of fused-ring (bicyclic) bond motifs is 1. The van der Waals surface area contributed by atoms with Gasteiger partial charge >= 0.3 is 0 Å². The van der Waals surface area contributed by atoms with Crippen LogP contribution < -0.4 is 11.1 Å². The number of benzene rings is 1. The Kier molecular flexibility index (Phi) is 4.58. The number of anilines is 2. The lowest BCUT2D eigenvalue weighted by atomic mass is 10.1. The van der Waals surface area contributed by atoms with Crippen LogP contribution >= 0.6 is 23.2 Å². The summed E-state index contributed by atoms with van der Waals surface area (Å²) >= 11 is 12.0. The highest BCUT2D eigenvalue weighted by Crippen LogP contribution is 2.31. The van der Waals surface area contributed by atoms with E-state index in [-0.39, 0.29) is 27.7 Å². The lowest BCUT2D eigenvalue weighted by Crippen LogP contribution is -2.15. The fourth-order valence-electron chi connectivity index (χ4n) is 2.53. The number of nitrogens with one attached hydrogen (secondary N) is 1. The summed E-state index contributed by atoms with van der Waals surface area (Å²) in [5, 5.41) is 8.47. The third-order valence-electron chi connectivity index (χ3n) is 3.83. The van der Waals surface area contributed by atoms with E-state index in [1.54, 1.807) is 31.3 Å². The van der Waals surface area contributed by atoms with Crippen molar-refractivity contribution in [2.45, 2.75) is 26.8 Å². The molecule has 6 nitrogen and oxygen atoms in total. The molecule has 0 aliphatic carbocycles. The summed E-state index contributed by atoms with van der Waals surface area (Å²) < 4.78 is 1.82. The molecule has 2 heterocycles. The molecule has 1 aromatic carbocycles. The van der Waals surface area contributed by atoms with E-state index in [4.69, 9.17) is 28.9 Å². The number of aromatic nitrogens is 3. The number of carbonyl (C=O) groups excluding carboxylic acids is 1. The van der Waals surface area contributed by atoms with Crippen molar-refractivity contribution in [3.05, 3.63) is 45.7 Å². The second kappa shape index (κ2) is 6.54. The summed E-state index contributed by atoms with van der Waals surface area (Å²) in [7, 11) is 0. The van der Waals surface area contributed by atoms with Crippen molar-refractivity contribution in [1.29, 1.82) is 0 Å². The molecule has 0 saturated carbocycles. The normalized spacial score (nSPS) is 11.3. The van der Waals surface area contributed by atoms with Crippen molar-refractivity contribution in [1.82, 2.24) is 14.8 Å². The monoisotopic (exact) mass is 377 g/mol. The molecule has 0 aliphatic rings. The van der Waals surface area contributed by atoms with Crippen LogP contribution in [0.15, 0.2) is 24.4 Å². The number of aryl methyl sites for hydroxylation is 1. The van der Waals surface area contributed by atoms with Crippen molar-refractivity contribution < 1.29 is 4.79 Å². The fraction of sp³-hybridized carbons (Fsp3) is 0.235. The topological polar surface area (TPSA) is 85.8 Å². The third-order valence-corrected chi connectivity index (χ3v) is 4.46. The Bertz CT molecular complexity index is 958. The highest BCUT2D eigenvalue weighted by molar-refractivity contribution is 6.39. The van der Waals surface area contributed by atoms with Crippen LogP contribution in [0.5, 0.6) is 0 Å². The van der Waals surface area contributed by atoms with Crippen LogP contribution in [0.1, 0.15) is 35.9 Å². The highest BCUT2D eigenvalue weighted by Gasteiger charge is 2.16. The molecule has 0 radical (unpaired) electrons. The minimum Gasteiger partial charge on any atom is -0.396 e. The van der Waals surface area contributed by atoms with Gasteiger partial charge in [-0.05, 0) is 39.0 Å². The lowest BCUT2D eigenvalue weighted by Gasteiger charge is -2.11. The molecule has 2 aromatic heterocycles. The van der Waals surface area contributed by atoms with Crippen LogP contribution in [0.4, 0.5) is 11.4 Å². The molecule has 8 heteroatoms. The standard InChI is InChI=1S/C17H17Cl2N5O/c1-8(2)24-16-10(7-21-24)4-12(9(3)22-16)17(25)23-11-5-13(18)15(20)14(19)6-11/h4-8H,20H2,1-3H3,(H,23,25). The Labute approximate surface area is 154 Å².